The molecule has 1 aliphatic rings. The summed E-state index contributed by atoms with van der Waals surface area (Å²) in [6.45, 7) is 3.05. The van der Waals surface area contributed by atoms with E-state index in [2.05, 4.69) is 4.72 Å². The first-order valence-electron chi connectivity index (χ1n) is 5.58. The normalized spacial score (nSPS) is 19.8. The number of nitrogens with two attached hydrogens (primary N) is 1. The van der Waals surface area contributed by atoms with Gasteiger partial charge in [0.05, 0.1) is 6.04 Å². The minimum Gasteiger partial charge on any atom is -0.386 e. The van der Waals surface area contributed by atoms with Gasteiger partial charge in [-0.15, -0.1) is 0 Å². The lowest BCUT2D eigenvalue weighted by molar-refractivity contribution is 0.458. The minimum atomic E-state index is -3.46. The molecule has 0 bridgehead atoms. The highest BCUT2D eigenvalue weighted by Crippen LogP contribution is 2.12. The Labute approximate surface area is 96.9 Å². The maximum Gasteiger partial charge on any atom is 0.280 e. The van der Waals surface area contributed by atoms with Crippen LogP contribution in [-0.2, 0) is 10.2 Å². The van der Waals surface area contributed by atoms with Crippen molar-refractivity contribution in [2.24, 2.45) is 5.73 Å². The van der Waals surface area contributed by atoms with E-state index in [9.17, 15) is 8.42 Å². The van der Waals surface area contributed by atoms with E-state index in [-0.39, 0.29) is 5.84 Å². The lowest BCUT2D eigenvalue weighted by atomic mass is 10.2. The van der Waals surface area contributed by atoms with Crippen LogP contribution in [0.4, 0.5) is 0 Å². The monoisotopic (exact) mass is 248 g/mol. The van der Waals surface area contributed by atoms with Gasteiger partial charge in [-0.25, -0.2) is 0 Å². The first-order valence-corrected chi connectivity index (χ1v) is 7.02. The van der Waals surface area contributed by atoms with Gasteiger partial charge in [-0.3, -0.25) is 5.41 Å². The van der Waals surface area contributed by atoms with Crippen LogP contribution in [0.2, 0.25) is 0 Å². The number of rotatable bonds is 6. The fourth-order valence-electron chi connectivity index (χ4n) is 1.75. The fraction of sp³-hybridized carbons (Fsp3) is 0.889. The number of nitrogens with one attached hydrogen (secondary N) is 2. The van der Waals surface area contributed by atoms with Crippen molar-refractivity contribution >= 4 is 16.0 Å². The summed E-state index contributed by atoms with van der Waals surface area (Å²) in [7, 11) is -3.46. The van der Waals surface area contributed by atoms with Gasteiger partial charge in [0.1, 0.15) is 5.84 Å². The van der Waals surface area contributed by atoms with Crippen LogP contribution in [0.3, 0.4) is 0 Å². The van der Waals surface area contributed by atoms with E-state index in [0.29, 0.717) is 19.5 Å². The van der Waals surface area contributed by atoms with Crippen molar-refractivity contribution in [1.82, 2.24) is 9.03 Å². The first kappa shape index (κ1) is 13.4. The van der Waals surface area contributed by atoms with E-state index in [4.69, 9.17) is 11.1 Å². The lowest BCUT2D eigenvalue weighted by Gasteiger charge is -2.21. The molecule has 0 radical (unpaired) electrons. The van der Waals surface area contributed by atoms with Crippen molar-refractivity contribution in [3.8, 4) is 0 Å². The second kappa shape index (κ2) is 5.60. The molecule has 0 spiro atoms. The Hall–Kier alpha value is -0.660. The highest BCUT2D eigenvalue weighted by Gasteiger charge is 2.28. The van der Waals surface area contributed by atoms with Gasteiger partial charge in [0.2, 0.25) is 0 Å². The van der Waals surface area contributed by atoms with Crippen LogP contribution in [0.25, 0.3) is 0 Å². The number of hydrogen-bond donors (Lipinski definition) is 3. The molecule has 4 N–H and O–H groups in total. The molecular weight excluding hydrogens is 228 g/mol. The number of amidine groups is 1. The third-order valence-electron chi connectivity index (χ3n) is 2.65. The predicted molar refractivity (Wildman–Crippen MR) is 63.5 cm³/mol. The van der Waals surface area contributed by atoms with Crippen molar-refractivity contribution in [2.75, 3.05) is 13.1 Å². The van der Waals surface area contributed by atoms with Gasteiger partial charge in [-0.1, -0.05) is 13.3 Å². The molecule has 1 rings (SSSR count). The van der Waals surface area contributed by atoms with Crippen LogP contribution in [-0.4, -0.2) is 37.7 Å². The van der Waals surface area contributed by atoms with Gasteiger partial charge in [0.15, 0.2) is 0 Å². The van der Waals surface area contributed by atoms with E-state index in [1.807, 2.05) is 6.92 Å². The molecule has 7 heteroatoms. The Morgan fingerprint density at radius 2 is 2.06 bits per heavy atom. The molecule has 0 amide bonds. The molecule has 0 aromatic heterocycles. The Balaban J connectivity index is 2.65. The number of nitrogens with zero attached hydrogens (tertiary/aromatic N) is 1. The summed E-state index contributed by atoms with van der Waals surface area (Å²) in [6, 6.07) is -0.574. The average Bonchev–Trinajstić information content (AvgIpc) is 2.69. The molecule has 0 aromatic rings. The quantitative estimate of drug-likeness (QED) is 0.456. The van der Waals surface area contributed by atoms with Crippen molar-refractivity contribution in [3.63, 3.8) is 0 Å². The Morgan fingerprint density at radius 1 is 1.50 bits per heavy atom. The second-order valence-electron chi connectivity index (χ2n) is 4.03. The maximum atomic E-state index is 11.9. The van der Waals surface area contributed by atoms with Crippen LogP contribution < -0.4 is 10.5 Å². The highest BCUT2D eigenvalue weighted by molar-refractivity contribution is 7.87. The summed E-state index contributed by atoms with van der Waals surface area (Å²) in [6.07, 6.45) is 3.15. The molecule has 1 atom stereocenters. The zero-order valence-corrected chi connectivity index (χ0v) is 10.4. The minimum absolute atomic E-state index is 0.121. The topological polar surface area (TPSA) is 99.3 Å². The van der Waals surface area contributed by atoms with Gasteiger partial charge >= 0.3 is 0 Å². The standard InChI is InChI=1S/C9H20N4O2S/c1-2-5-8(9(10)11)12-16(14,15)13-6-3-4-7-13/h8,12H,2-7H2,1H3,(H3,10,11). The smallest absolute Gasteiger partial charge is 0.280 e. The molecule has 6 nitrogen and oxygen atoms in total. The lowest BCUT2D eigenvalue weighted by Crippen LogP contribution is -2.49. The molecule has 1 fully saturated rings. The SMILES string of the molecule is CCCC(NS(=O)(=O)N1CCCC1)C(=N)N. The molecular formula is C9H20N4O2S. The van der Waals surface area contributed by atoms with E-state index in [1.54, 1.807) is 0 Å². The van der Waals surface area contributed by atoms with Gasteiger partial charge in [0.25, 0.3) is 10.2 Å². The zero-order valence-electron chi connectivity index (χ0n) is 9.57. The Bertz CT molecular complexity index is 335. The molecule has 1 aliphatic heterocycles. The molecule has 1 saturated heterocycles. The van der Waals surface area contributed by atoms with Crippen molar-refractivity contribution in [3.05, 3.63) is 0 Å². The van der Waals surface area contributed by atoms with Crippen molar-refractivity contribution in [2.45, 2.75) is 38.6 Å². The highest BCUT2D eigenvalue weighted by atomic mass is 32.2. The molecule has 0 aromatic carbocycles. The second-order valence-corrected chi connectivity index (χ2v) is 5.73. The van der Waals surface area contributed by atoms with Crippen LogP contribution in [0.5, 0.6) is 0 Å². The molecule has 94 valence electrons. The largest absolute Gasteiger partial charge is 0.386 e. The van der Waals surface area contributed by atoms with Gasteiger partial charge in [-0.05, 0) is 19.3 Å². The average molecular weight is 248 g/mol. The number of hydrogen-bond acceptors (Lipinski definition) is 3. The van der Waals surface area contributed by atoms with Gasteiger partial charge < -0.3 is 5.73 Å². The van der Waals surface area contributed by atoms with Gasteiger partial charge in [0, 0.05) is 13.1 Å². The zero-order chi connectivity index (χ0) is 12.2. The summed E-state index contributed by atoms with van der Waals surface area (Å²) in [5.41, 5.74) is 5.37. The van der Waals surface area contributed by atoms with Crippen LogP contribution in [0.15, 0.2) is 0 Å². The van der Waals surface area contributed by atoms with Crippen molar-refractivity contribution in [1.29, 1.82) is 5.41 Å². The van der Waals surface area contributed by atoms with E-state index < -0.39 is 16.3 Å². The summed E-state index contributed by atoms with van der Waals surface area (Å²) in [5.74, 6) is -0.121. The predicted octanol–water partition coefficient (Wildman–Crippen LogP) is 0.0213. The Kier molecular flexibility index (Phi) is 4.69. The summed E-state index contributed by atoms with van der Waals surface area (Å²) in [4.78, 5) is 0. The molecule has 1 heterocycles. The van der Waals surface area contributed by atoms with E-state index >= 15 is 0 Å². The van der Waals surface area contributed by atoms with Gasteiger partial charge in [-0.2, -0.15) is 17.4 Å². The molecule has 0 saturated carbocycles. The Morgan fingerprint density at radius 3 is 2.50 bits per heavy atom. The summed E-state index contributed by atoms with van der Waals surface area (Å²) < 4.78 is 27.7. The molecule has 16 heavy (non-hydrogen) atoms. The van der Waals surface area contributed by atoms with E-state index in [1.165, 1.54) is 4.31 Å². The third-order valence-corrected chi connectivity index (χ3v) is 4.28. The van der Waals surface area contributed by atoms with Crippen LogP contribution in [0, 0.1) is 5.41 Å². The fourth-order valence-corrected chi connectivity index (χ4v) is 3.24. The van der Waals surface area contributed by atoms with Crippen LogP contribution in [0.1, 0.15) is 32.6 Å². The summed E-state index contributed by atoms with van der Waals surface area (Å²) in [5, 5.41) is 7.34. The van der Waals surface area contributed by atoms with Crippen molar-refractivity contribution < 1.29 is 8.42 Å². The molecule has 1 unspecified atom stereocenters. The molecule has 0 aliphatic carbocycles. The first-order chi connectivity index (χ1) is 7.47. The van der Waals surface area contributed by atoms with Crippen LogP contribution >= 0.6 is 0 Å². The summed E-state index contributed by atoms with van der Waals surface area (Å²) >= 11 is 0. The van der Waals surface area contributed by atoms with E-state index in [0.717, 1.165) is 19.3 Å². The third kappa shape index (κ3) is 3.43. The maximum absolute atomic E-state index is 11.9.